The number of hydrogen-bond donors (Lipinski definition) is 1. The number of aliphatic carboxylic acids is 1. The van der Waals surface area contributed by atoms with Crippen molar-refractivity contribution < 1.29 is 27.8 Å². The molecule has 0 amide bonds. The van der Waals surface area contributed by atoms with Gasteiger partial charge in [0.05, 0.1) is 19.0 Å². The molecule has 21 heavy (non-hydrogen) atoms. The summed E-state index contributed by atoms with van der Waals surface area (Å²) in [7, 11) is 0. The zero-order chi connectivity index (χ0) is 15.7. The summed E-state index contributed by atoms with van der Waals surface area (Å²) in [5, 5.41) is 9.00. The van der Waals surface area contributed by atoms with Gasteiger partial charge in [-0.1, -0.05) is 0 Å². The first-order chi connectivity index (χ1) is 9.80. The van der Waals surface area contributed by atoms with Crippen molar-refractivity contribution in [1.82, 2.24) is 9.97 Å². The van der Waals surface area contributed by atoms with Crippen molar-refractivity contribution in [3.05, 3.63) is 12.4 Å². The molecule has 116 valence electrons. The van der Waals surface area contributed by atoms with Crippen LogP contribution in [0.5, 0.6) is 5.88 Å². The molecule has 0 aromatic carbocycles. The van der Waals surface area contributed by atoms with E-state index < -0.39 is 30.5 Å². The molecule has 1 aromatic rings. The topological polar surface area (TPSA) is 75.5 Å². The monoisotopic (exact) mass is 305 g/mol. The quantitative estimate of drug-likeness (QED) is 0.913. The molecule has 0 spiro atoms. The Kier molecular flexibility index (Phi) is 3.93. The van der Waals surface area contributed by atoms with Gasteiger partial charge in [-0.3, -0.25) is 9.78 Å². The lowest BCUT2D eigenvalue weighted by Gasteiger charge is -2.27. The van der Waals surface area contributed by atoms with Crippen LogP contribution in [0, 0.1) is 5.41 Å². The molecule has 0 aliphatic carbocycles. The largest absolute Gasteiger partial charge is 0.481 e. The van der Waals surface area contributed by atoms with Gasteiger partial charge in [0.15, 0.2) is 11.2 Å². The van der Waals surface area contributed by atoms with Crippen LogP contribution in [0.2, 0.25) is 0 Å². The molecule has 1 aliphatic heterocycles. The van der Waals surface area contributed by atoms with Crippen LogP contribution in [0.1, 0.15) is 13.3 Å². The molecule has 1 aromatic heterocycles. The van der Waals surface area contributed by atoms with Gasteiger partial charge in [0.1, 0.15) is 0 Å². The van der Waals surface area contributed by atoms with E-state index in [1.807, 2.05) is 0 Å². The van der Waals surface area contributed by atoms with Gasteiger partial charge in [0, 0.05) is 13.1 Å². The van der Waals surface area contributed by atoms with Crippen LogP contribution in [0.25, 0.3) is 0 Å². The molecular formula is C12H14F3N3O3. The van der Waals surface area contributed by atoms with E-state index in [1.54, 1.807) is 6.92 Å². The summed E-state index contributed by atoms with van der Waals surface area (Å²) in [4.78, 5) is 20.2. The standard InChI is InChI=1S/C12H14F3N3O3/c1-2-21-9-6-16-5-8(17-9)18-4-3-11(7-18,10(19)20)12(13,14)15/h5-6H,2-4,7H2,1H3,(H,19,20). The maximum atomic E-state index is 13.1. The molecule has 0 radical (unpaired) electrons. The van der Waals surface area contributed by atoms with E-state index in [0.717, 1.165) is 0 Å². The number of carboxylic acids is 1. The summed E-state index contributed by atoms with van der Waals surface area (Å²) in [6, 6.07) is 0. The minimum atomic E-state index is -4.82. The van der Waals surface area contributed by atoms with E-state index in [0.29, 0.717) is 6.61 Å². The van der Waals surface area contributed by atoms with E-state index in [2.05, 4.69) is 9.97 Å². The van der Waals surface area contributed by atoms with E-state index in [9.17, 15) is 18.0 Å². The lowest BCUT2D eigenvalue weighted by Crippen LogP contribution is -2.47. The molecule has 1 saturated heterocycles. The molecule has 6 nitrogen and oxygen atoms in total. The van der Waals surface area contributed by atoms with Crippen LogP contribution in [0.15, 0.2) is 12.4 Å². The Morgan fingerprint density at radius 3 is 2.76 bits per heavy atom. The number of hydrogen-bond acceptors (Lipinski definition) is 5. The van der Waals surface area contributed by atoms with Crippen LogP contribution in [0.4, 0.5) is 19.0 Å². The first-order valence-electron chi connectivity index (χ1n) is 6.30. The third-order valence-electron chi connectivity index (χ3n) is 3.44. The fourth-order valence-electron chi connectivity index (χ4n) is 2.24. The Bertz CT molecular complexity index is 538. The van der Waals surface area contributed by atoms with Gasteiger partial charge in [0.25, 0.3) is 0 Å². The first-order valence-corrected chi connectivity index (χ1v) is 6.30. The number of anilines is 1. The Hall–Kier alpha value is -2.06. The summed E-state index contributed by atoms with van der Waals surface area (Å²) < 4.78 is 44.4. The number of alkyl halides is 3. The van der Waals surface area contributed by atoms with Gasteiger partial charge in [-0.25, -0.2) is 0 Å². The number of ether oxygens (including phenoxy) is 1. The van der Waals surface area contributed by atoms with Crippen molar-refractivity contribution in [3.63, 3.8) is 0 Å². The highest BCUT2D eigenvalue weighted by atomic mass is 19.4. The highest BCUT2D eigenvalue weighted by molar-refractivity contribution is 5.77. The molecule has 2 heterocycles. The molecule has 0 bridgehead atoms. The fraction of sp³-hybridized carbons (Fsp3) is 0.583. The van der Waals surface area contributed by atoms with Crippen molar-refractivity contribution in [2.75, 3.05) is 24.6 Å². The van der Waals surface area contributed by atoms with Crippen LogP contribution in [0.3, 0.4) is 0 Å². The molecular weight excluding hydrogens is 291 g/mol. The lowest BCUT2D eigenvalue weighted by atomic mass is 9.86. The van der Waals surface area contributed by atoms with E-state index in [-0.39, 0.29) is 18.2 Å². The van der Waals surface area contributed by atoms with Crippen molar-refractivity contribution in [2.24, 2.45) is 5.41 Å². The fourth-order valence-corrected chi connectivity index (χ4v) is 2.24. The Labute approximate surface area is 118 Å². The van der Waals surface area contributed by atoms with Crippen molar-refractivity contribution in [3.8, 4) is 5.88 Å². The van der Waals surface area contributed by atoms with Gasteiger partial charge in [-0.05, 0) is 13.3 Å². The van der Waals surface area contributed by atoms with Crippen LogP contribution in [-0.2, 0) is 4.79 Å². The molecule has 0 saturated carbocycles. The van der Waals surface area contributed by atoms with E-state index in [1.165, 1.54) is 17.3 Å². The van der Waals surface area contributed by atoms with Crippen LogP contribution in [-0.4, -0.2) is 46.9 Å². The number of aromatic nitrogens is 2. The van der Waals surface area contributed by atoms with Gasteiger partial charge in [0.2, 0.25) is 5.88 Å². The van der Waals surface area contributed by atoms with Crippen molar-refractivity contribution in [1.29, 1.82) is 0 Å². The first kappa shape index (κ1) is 15.3. The lowest BCUT2D eigenvalue weighted by molar-refractivity contribution is -0.225. The number of nitrogens with zero attached hydrogens (tertiary/aromatic N) is 3. The maximum absolute atomic E-state index is 13.1. The molecule has 1 aliphatic rings. The summed E-state index contributed by atoms with van der Waals surface area (Å²) in [6.07, 6.45) is -2.71. The molecule has 9 heteroatoms. The zero-order valence-corrected chi connectivity index (χ0v) is 11.2. The predicted molar refractivity (Wildman–Crippen MR) is 66.2 cm³/mol. The van der Waals surface area contributed by atoms with Crippen molar-refractivity contribution in [2.45, 2.75) is 19.5 Å². The smallest absolute Gasteiger partial charge is 0.406 e. The van der Waals surface area contributed by atoms with Crippen molar-refractivity contribution >= 4 is 11.8 Å². The molecule has 1 atom stereocenters. The van der Waals surface area contributed by atoms with E-state index in [4.69, 9.17) is 9.84 Å². The number of carboxylic acid groups (broad SMARTS) is 1. The minimum absolute atomic E-state index is 0.0595. The SMILES string of the molecule is CCOc1cncc(N2CCC(C(=O)O)(C(F)(F)F)C2)n1. The predicted octanol–water partition coefficient (Wildman–Crippen LogP) is 1.72. The van der Waals surface area contributed by atoms with Crippen LogP contribution < -0.4 is 9.64 Å². The summed E-state index contributed by atoms with van der Waals surface area (Å²) in [6.45, 7) is 1.34. The van der Waals surface area contributed by atoms with Gasteiger partial charge in [-0.15, -0.1) is 0 Å². The second-order valence-corrected chi connectivity index (χ2v) is 4.71. The summed E-state index contributed by atoms with van der Waals surface area (Å²) in [5.41, 5.74) is -2.77. The van der Waals surface area contributed by atoms with Gasteiger partial charge >= 0.3 is 12.1 Å². The number of halogens is 3. The Morgan fingerprint density at radius 1 is 1.52 bits per heavy atom. The highest BCUT2D eigenvalue weighted by Crippen LogP contribution is 2.46. The third kappa shape index (κ3) is 2.72. The molecule has 1 fully saturated rings. The second kappa shape index (κ2) is 5.38. The normalized spacial score (nSPS) is 22.4. The Morgan fingerprint density at radius 2 is 2.24 bits per heavy atom. The highest BCUT2D eigenvalue weighted by Gasteiger charge is 2.63. The number of rotatable bonds is 4. The average molecular weight is 305 g/mol. The third-order valence-corrected chi connectivity index (χ3v) is 3.44. The minimum Gasteiger partial charge on any atom is -0.481 e. The average Bonchev–Trinajstić information content (AvgIpc) is 2.85. The summed E-state index contributed by atoms with van der Waals surface area (Å²) >= 11 is 0. The van der Waals surface area contributed by atoms with E-state index >= 15 is 0 Å². The summed E-state index contributed by atoms with van der Waals surface area (Å²) in [5.74, 6) is -1.51. The number of carbonyl (C=O) groups is 1. The maximum Gasteiger partial charge on any atom is 0.406 e. The van der Waals surface area contributed by atoms with Gasteiger partial charge < -0.3 is 14.7 Å². The molecule has 1 unspecified atom stereocenters. The molecule has 1 N–H and O–H groups in total. The second-order valence-electron chi connectivity index (χ2n) is 4.71. The zero-order valence-electron chi connectivity index (χ0n) is 11.2. The molecule has 2 rings (SSSR count). The van der Waals surface area contributed by atoms with Crippen LogP contribution >= 0.6 is 0 Å². The Balaban J connectivity index is 2.25. The van der Waals surface area contributed by atoms with Gasteiger partial charge in [-0.2, -0.15) is 18.2 Å².